The first-order chi connectivity index (χ1) is 15.9. The van der Waals surface area contributed by atoms with Gasteiger partial charge < -0.3 is 18.8 Å². The first-order valence-electron chi connectivity index (χ1n) is 10.8. The average Bonchev–Trinajstić information content (AvgIpc) is 3.19. The minimum atomic E-state index is -3.62. The lowest BCUT2D eigenvalue weighted by Crippen LogP contribution is -2.40. The molecule has 0 atom stereocenters. The van der Waals surface area contributed by atoms with Crippen LogP contribution in [0.5, 0.6) is 5.75 Å². The molecule has 0 spiro atoms. The van der Waals surface area contributed by atoms with Crippen LogP contribution in [0.4, 0.5) is 0 Å². The second-order valence-electron chi connectivity index (χ2n) is 7.65. The van der Waals surface area contributed by atoms with Crippen molar-refractivity contribution in [2.75, 3.05) is 32.9 Å². The predicted molar refractivity (Wildman–Crippen MR) is 121 cm³/mol. The standard InChI is InChI=1S/C23H27N3O6S/c1-3-26-20-9-8-18(33(28,29)25-10-12-30-13-11-25)14-19(20)24-22(26)15-32-23(27)16-31-21-7-5-4-6-17(21)2/h4-9,14H,3,10-13,15-16H2,1-2H3. The van der Waals surface area contributed by atoms with Crippen molar-refractivity contribution >= 4 is 27.0 Å². The Labute approximate surface area is 192 Å². The van der Waals surface area contributed by atoms with Crippen LogP contribution in [-0.4, -0.2) is 61.2 Å². The van der Waals surface area contributed by atoms with E-state index in [1.165, 1.54) is 4.31 Å². The largest absolute Gasteiger partial charge is 0.482 e. The van der Waals surface area contributed by atoms with E-state index < -0.39 is 16.0 Å². The second kappa shape index (κ2) is 9.90. The molecule has 1 aromatic heterocycles. The molecule has 3 aromatic rings. The fourth-order valence-electron chi connectivity index (χ4n) is 3.76. The number of fused-ring (bicyclic) bond motifs is 1. The van der Waals surface area contributed by atoms with Gasteiger partial charge in [0.1, 0.15) is 18.2 Å². The van der Waals surface area contributed by atoms with Crippen molar-refractivity contribution in [3.8, 4) is 5.75 Å². The number of hydrogen-bond acceptors (Lipinski definition) is 7. The normalized spacial score (nSPS) is 15.0. The fraction of sp³-hybridized carbons (Fsp3) is 0.391. The smallest absolute Gasteiger partial charge is 0.344 e. The van der Waals surface area contributed by atoms with Gasteiger partial charge in [0.25, 0.3) is 0 Å². The highest BCUT2D eigenvalue weighted by Crippen LogP contribution is 2.24. The van der Waals surface area contributed by atoms with Gasteiger partial charge in [0, 0.05) is 19.6 Å². The highest BCUT2D eigenvalue weighted by Gasteiger charge is 2.27. The number of para-hydroxylation sites is 1. The SMILES string of the molecule is CCn1c(COC(=O)COc2ccccc2C)nc2cc(S(=O)(=O)N3CCOCC3)ccc21. The molecule has 2 aromatic carbocycles. The van der Waals surface area contributed by atoms with Crippen molar-refractivity contribution in [3.63, 3.8) is 0 Å². The van der Waals surface area contributed by atoms with Crippen LogP contribution in [0.2, 0.25) is 0 Å². The van der Waals surface area contributed by atoms with Gasteiger partial charge in [-0.05, 0) is 43.7 Å². The van der Waals surface area contributed by atoms with Gasteiger partial charge in [-0.15, -0.1) is 0 Å². The van der Waals surface area contributed by atoms with Crippen LogP contribution in [0.1, 0.15) is 18.3 Å². The molecule has 1 fully saturated rings. The summed E-state index contributed by atoms with van der Waals surface area (Å²) in [4.78, 5) is 16.9. The Balaban J connectivity index is 1.47. The molecule has 1 saturated heterocycles. The monoisotopic (exact) mass is 473 g/mol. The zero-order chi connectivity index (χ0) is 23.4. The van der Waals surface area contributed by atoms with Gasteiger partial charge in [-0.25, -0.2) is 18.2 Å². The number of rotatable bonds is 8. The summed E-state index contributed by atoms with van der Waals surface area (Å²) in [5, 5.41) is 0. The van der Waals surface area contributed by atoms with Crippen LogP contribution in [0, 0.1) is 6.92 Å². The number of morpholine rings is 1. The van der Waals surface area contributed by atoms with Gasteiger partial charge in [-0.3, -0.25) is 0 Å². The van der Waals surface area contributed by atoms with Gasteiger partial charge in [0.15, 0.2) is 6.61 Å². The van der Waals surface area contributed by atoms with E-state index in [1.807, 2.05) is 36.6 Å². The summed E-state index contributed by atoms with van der Waals surface area (Å²) < 4.78 is 45.4. The van der Waals surface area contributed by atoms with Crippen LogP contribution in [0.15, 0.2) is 47.4 Å². The van der Waals surface area contributed by atoms with Gasteiger partial charge >= 0.3 is 5.97 Å². The van der Waals surface area contributed by atoms with E-state index in [1.54, 1.807) is 24.3 Å². The van der Waals surface area contributed by atoms with E-state index in [0.717, 1.165) is 11.1 Å². The molecule has 0 radical (unpaired) electrons. The maximum Gasteiger partial charge on any atom is 0.344 e. The minimum Gasteiger partial charge on any atom is -0.482 e. The summed E-state index contributed by atoms with van der Waals surface area (Å²) >= 11 is 0. The van der Waals surface area contributed by atoms with Crippen LogP contribution in [-0.2, 0) is 37.4 Å². The topological polar surface area (TPSA) is 100.0 Å². The van der Waals surface area contributed by atoms with E-state index in [-0.39, 0.29) is 18.1 Å². The highest BCUT2D eigenvalue weighted by molar-refractivity contribution is 7.89. The maximum absolute atomic E-state index is 13.0. The van der Waals surface area contributed by atoms with Crippen molar-refractivity contribution in [3.05, 3.63) is 53.9 Å². The Bertz CT molecular complexity index is 1250. The highest BCUT2D eigenvalue weighted by atomic mass is 32.2. The predicted octanol–water partition coefficient (Wildman–Crippen LogP) is 2.51. The van der Waals surface area contributed by atoms with Crippen molar-refractivity contribution in [2.45, 2.75) is 31.9 Å². The number of ether oxygens (including phenoxy) is 3. The molecule has 33 heavy (non-hydrogen) atoms. The molecule has 0 saturated carbocycles. The number of nitrogens with zero attached hydrogens (tertiary/aromatic N) is 3. The first kappa shape index (κ1) is 23.2. The summed E-state index contributed by atoms with van der Waals surface area (Å²) in [5.74, 6) is 0.658. The summed E-state index contributed by atoms with van der Waals surface area (Å²) in [7, 11) is -3.62. The summed E-state index contributed by atoms with van der Waals surface area (Å²) in [6.45, 7) is 5.63. The summed E-state index contributed by atoms with van der Waals surface area (Å²) in [6, 6.07) is 12.3. The first-order valence-corrected chi connectivity index (χ1v) is 12.2. The molecule has 0 aliphatic carbocycles. The lowest BCUT2D eigenvalue weighted by atomic mass is 10.2. The Morgan fingerprint density at radius 2 is 1.91 bits per heavy atom. The molecule has 176 valence electrons. The van der Waals surface area contributed by atoms with Gasteiger partial charge in [-0.1, -0.05) is 18.2 Å². The molecular weight excluding hydrogens is 446 g/mol. The number of benzene rings is 2. The molecule has 0 unspecified atom stereocenters. The maximum atomic E-state index is 13.0. The molecule has 0 amide bonds. The van der Waals surface area contributed by atoms with Gasteiger partial charge in [0.05, 0.1) is 29.1 Å². The summed E-state index contributed by atoms with van der Waals surface area (Å²) in [5.41, 5.74) is 2.25. The van der Waals surface area contributed by atoms with Crippen molar-refractivity contribution < 1.29 is 27.4 Å². The Kier molecular flexibility index (Phi) is 6.96. The molecule has 2 heterocycles. The minimum absolute atomic E-state index is 0.0377. The Hall–Kier alpha value is -2.95. The third-order valence-corrected chi connectivity index (χ3v) is 7.42. The number of aryl methyl sites for hydroxylation is 2. The van der Waals surface area contributed by atoms with Crippen LogP contribution >= 0.6 is 0 Å². The third kappa shape index (κ3) is 5.02. The molecule has 0 N–H and O–H groups in total. The number of carbonyl (C=O) groups is 1. The third-order valence-electron chi connectivity index (χ3n) is 5.52. The molecular formula is C23H27N3O6S. The molecule has 9 nitrogen and oxygen atoms in total. The van der Waals surface area contributed by atoms with Crippen LogP contribution in [0.25, 0.3) is 11.0 Å². The number of carbonyl (C=O) groups excluding carboxylic acids is 1. The van der Waals surface area contributed by atoms with Crippen molar-refractivity contribution in [2.24, 2.45) is 0 Å². The molecule has 1 aliphatic heterocycles. The lowest BCUT2D eigenvalue weighted by Gasteiger charge is -2.26. The van der Waals surface area contributed by atoms with E-state index in [4.69, 9.17) is 14.2 Å². The van der Waals surface area contributed by atoms with Crippen LogP contribution in [0.3, 0.4) is 0 Å². The van der Waals surface area contributed by atoms with Crippen molar-refractivity contribution in [1.29, 1.82) is 0 Å². The molecule has 4 rings (SSSR count). The zero-order valence-electron chi connectivity index (χ0n) is 18.7. The number of aromatic nitrogens is 2. The molecule has 1 aliphatic rings. The Morgan fingerprint density at radius 1 is 1.15 bits per heavy atom. The van der Waals surface area contributed by atoms with E-state index in [9.17, 15) is 13.2 Å². The number of esters is 1. The van der Waals surface area contributed by atoms with E-state index >= 15 is 0 Å². The van der Waals surface area contributed by atoms with Gasteiger partial charge in [-0.2, -0.15) is 4.31 Å². The lowest BCUT2D eigenvalue weighted by molar-refractivity contribution is -0.147. The van der Waals surface area contributed by atoms with Crippen LogP contribution < -0.4 is 4.74 Å². The average molecular weight is 474 g/mol. The Morgan fingerprint density at radius 3 is 2.64 bits per heavy atom. The molecule has 0 bridgehead atoms. The summed E-state index contributed by atoms with van der Waals surface area (Å²) in [6.07, 6.45) is 0. The fourth-order valence-corrected chi connectivity index (χ4v) is 5.19. The number of imidazole rings is 1. The molecule has 10 heteroatoms. The van der Waals surface area contributed by atoms with Crippen molar-refractivity contribution in [1.82, 2.24) is 13.9 Å². The second-order valence-corrected chi connectivity index (χ2v) is 9.59. The number of hydrogen-bond donors (Lipinski definition) is 0. The zero-order valence-corrected chi connectivity index (χ0v) is 19.5. The number of sulfonamides is 1. The van der Waals surface area contributed by atoms with E-state index in [0.29, 0.717) is 49.9 Å². The van der Waals surface area contributed by atoms with Gasteiger partial charge in [0.2, 0.25) is 10.0 Å². The van der Waals surface area contributed by atoms with E-state index in [2.05, 4.69) is 4.98 Å². The quantitative estimate of drug-likeness (QED) is 0.464.